The van der Waals surface area contributed by atoms with Crippen molar-refractivity contribution < 1.29 is 4.74 Å². The molecule has 76 valence electrons. The molecule has 1 aliphatic heterocycles. The molecule has 0 fully saturated rings. The van der Waals surface area contributed by atoms with Crippen molar-refractivity contribution in [1.82, 2.24) is 5.32 Å². The van der Waals surface area contributed by atoms with Gasteiger partial charge >= 0.3 is 0 Å². The molecular weight excluding hydrogens is 164 g/mol. The van der Waals surface area contributed by atoms with Crippen LogP contribution in [0, 0.1) is 11.3 Å². The van der Waals surface area contributed by atoms with Gasteiger partial charge in [0.15, 0.2) is 5.90 Å². The fourth-order valence-electron chi connectivity index (χ4n) is 1.43. The second kappa shape index (κ2) is 3.66. The van der Waals surface area contributed by atoms with E-state index in [0.717, 1.165) is 12.4 Å². The number of rotatable bonds is 0. The van der Waals surface area contributed by atoms with Crippen LogP contribution in [0.15, 0.2) is 4.99 Å². The zero-order valence-corrected chi connectivity index (χ0v) is 9.22. The van der Waals surface area contributed by atoms with E-state index in [-0.39, 0.29) is 11.6 Å². The highest BCUT2D eigenvalue weighted by Crippen LogP contribution is 2.23. The smallest absolute Gasteiger partial charge is 0.188 e. The van der Waals surface area contributed by atoms with Crippen LogP contribution in [0.4, 0.5) is 0 Å². The summed E-state index contributed by atoms with van der Waals surface area (Å²) >= 11 is 0. The van der Waals surface area contributed by atoms with E-state index in [9.17, 15) is 0 Å². The molecule has 3 heteroatoms. The second-order valence-corrected chi connectivity index (χ2v) is 4.75. The molecule has 0 spiro atoms. The predicted molar refractivity (Wildman–Crippen MR) is 54.9 cm³/mol. The first-order valence-corrected chi connectivity index (χ1v) is 4.80. The van der Waals surface area contributed by atoms with Gasteiger partial charge in [-0.1, -0.05) is 27.7 Å². The summed E-state index contributed by atoms with van der Waals surface area (Å²) in [5.74, 6) is 1.27. The maximum Gasteiger partial charge on any atom is 0.188 e. The molecule has 0 saturated heterocycles. The molecule has 0 aromatic heterocycles. The summed E-state index contributed by atoms with van der Waals surface area (Å²) in [4.78, 5) is 4.54. The van der Waals surface area contributed by atoms with E-state index in [1.807, 2.05) is 0 Å². The topological polar surface area (TPSA) is 33.6 Å². The standard InChI is InChI=1S/C10H20N2O/c1-7-6-11-9(10(2,3)4)12-8(7)13-5/h7,9,11H,6H2,1-5H3. The molecule has 0 bridgehead atoms. The number of ether oxygens (including phenoxy) is 1. The van der Waals surface area contributed by atoms with Gasteiger partial charge in [-0.2, -0.15) is 0 Å². The van der Waals surface area contributed by atoms with Gasteiger partial charge in [-0.05, 0) is 5.41 Å². The second-order valence-electron chi connectivity index (χ2n) is 4.75. The number of nitrogens with zero attached hydrogens (tertiary/aromatic N) is 1. The third kappa shape index (κ3) is 2.44. The number of aliphatic imine (C=N–C) groups is 1. The Morgan fingerprint density at radius 2 is 2.08 bits per heavy atom. The van der Waals surface area contributed by atoms with Gasteiger partial charge in [-0.3, -0.25) is 5.32 Å². The molecule has 2 unspecified atom stereocenters. The van der Waals surface area contributed by atoms with Gasteiger partial charge in [-0.15, -0.1) is 0 Å². The first-order valence-electron chi connectivity index (χ1n) is 4.80. The summed E-state index contributed by atoms with van der Waals surface area (Å²) in [5, 5.41) is 3.41. The molecule has 3 nitrogen and oxygen atoms in total. The molecule has 0 aromatic carbocycles. The third-order valence-corrected chi connectivity index (χ3v) is 2.32. The van der Waals surface area contributed by atoms with Crippen LogP contribution in [-0.4, -0.2) is 25.7 Å². The summed E-state index contributed by atoms with van der Waals surface area (Å²) in [7, 11) is 1.69. The fraction of sp³-hybridized carbons (Fsp3) is 0.900. The van der Waals surface area contributed by atoms with Gasteiger partial charge in [0.05, 0.1) is 7.11 Å². The lowest BCUT2D eigenvalue weighted by molar-refractivity contribution is 0.239. The minimum Gasteiger partial charge on any atom is -0.484 e. The maximum atomic E-state index is 5.24. The summed E-state index contributed by atoms with van der Waals surface area (Å²) in [6, 6.07) is 0. The zero-order valence-electron chi connectivity index (χ0n) is 9.22. The normalized spacial score (nSPS) is 29.8. The minimum atomic E-state index is 0.157. The SMILES string of the molecule is COC1=NC(C(C)(C)C)NCC1C. The third-order valence-electron chi connectivity index (χ3n) is 2.32. The van der Waals surface area contributed by atoms with Crippen molar-refractivity contribution in [1.29, 1.82) is 0 Å². The zero-order chi connectivity index (χ0) is 10.1. The molecule has 0 radical (unpaired) electrons. The maximum absolute atomic E-state index is 5.24. The van der Waals surface area contributed by atoms with Crippen LogP contribution in [0.25, 0.3) is 0 Å². The van der Waals surface area contributed by atoms with E-state index in [1.165, 1.54) is 0 Å². The quantitative estimate of drug-likeness (QED) is 0.621. The Hall–Kier alpha value is -0.570. The van der Waals surface area contributed by atoms with Crippen molar-refractivity contribution in [2.75, 3.05) is 13.7 Å². The summed E-state index contributed by atoms with van der Waals surface area (Å²) in [6.07, 6.45) is 0.179. The van der Waals surface area contributed by atoms with E-state index >= 15 is 0 Å². The molecule has 0 aliphatic carbocycles. The van der Waals surface area contributed by atoms with Crippen molar-refractivity contribution in [3.63, 3.8) is 0 Å². The lowest BCUT2D eigenvalue weighted by atomic mass is 9.91. The molecule has 1 heterocycles. The highest BCUT2D eigenvalue weighted by Gasteiger charge is 2.29. The van der Waals surface area contributed by atoms with Crippen LogP contribution >= 0.6 is 0 Å². The van der Waals surface area contributed by atoms with Gasteiger partial charge in [0.2, 0.25) is 0 Å². The van der Waals surface area contributed by atoms with Crippen molar-refractivity contribution in [3.05, 3.63) is 0 Å². The Labute approximate surface area is 80.6 Å². The fourth-order valence-corrected chi connectivity index (χ4v) is 1.43. The van der Waals surface area contributed by atoms with E-state index < -0.39 is 0 Å². The van der Waals surface area contributed by atoms with E-state index in [0.29, 0.717) is 5.92 Å². The molecule has 0 saturated carbocycles. The monoisotopic (exact) mass is 184 g/mol. The first-order chi connectivity index (χ1) is 5.95. The molecule has 1 aliphatic rings. The van der Waals surface area contributed by atoms with Gasteiger partial charge < -0.3 is 4.74 Å². The number of hydrogen-bond acceptors (Lipinski definition) is 3. The molecule has 1 rings (SSSR count). The molecule has 13 heavy (non-hydrogen) atoms. The number of methoxy groups -OCH3 is 1. The van der Waals surface area contributed by atoms with Gasteiger partial charge in [-0.25, -0.2) is 4.99 Å². The van der Waals surface area contributed by atoms with Gasteiger partial charge in [0, 0.05) is 12.5 Å². The largest absolute Gasteiger partial charge is 0.484 e. The highest BCUT2D eigenvalue weighted by molar-refractivity contribution is 5.79. The van der Waals surface area contributed by atoms with E-state index in [2.05, 4.69) is 38.0 Å². The number of hydrogen-bond donors (Lipinski definition) is 1. The van der Waals surface area contributed by atoms with Gasteiger partial charge in [0.1, 0.15) is 6.17 Å². The Balaban J connectivity index is 2.77. The average Bonchev–Trinajstić information content (AvgIpc) is 2.03. The number of nitrogens with one attached hydrogen (secondary N) is 1. The van der Waals surface area contributed by atoms with Crippen LogP contribution in [-0.2, 0) is 4.74 Å². The van der Waals surface area contributed by atoms with Gasteiger partial charge in [0.25, 0.3) is 0 Å². The minimum absolute atomic E-state index is 0.157. The Morgan fingerprint density at radius 3 is 2.54 bits per heavy atom. The summed E-state index contributed by atoms with van der Waals surface area (Å²) in [6.45, 7) is 9.61. The van der Waals surface area contributed by atoms with Crippen molar-refractivity contribution in [3.8, 4) is 0 Å². The molecule has 0 aromatic rings. The Bertz CT molecular complexity index is 205. The van der Waals surface area contributed by atoms with Crippen LogP contribution in [0.3, 0.4) is 0 Å². The lowest BCUT2D eigenvalue weighted by Crippen LogP contribution is -2.47. The van der Waals surface area contributed by atoms with Crippen molar-refractivity contribution in [2.24, 2.45) is 16.3 Å². The van der Waals surface area contributed by atoms with Crippen LogP contribution < -0.4 is 5.32 Å². The summed E-state index contributed by atoms with van der Waals surface area (Å²) < 4.78 is 5.24. The average molecular weight is 184 g/mol. The molecular formula is C10H20N2O. The highest BCUT2D eigenvalue weighted by atomic mass is 16.5. The van der Waals surface area contributed by atoms with Crippen molar-refractivity contribution in [2.45, 2.75) is 33.9 Å². The first kappa shape index (κ1) is 10.5. The Morgan fingerprint density at radius 1 is 1.46 bits per heavy atom. The van der Waals surface area contributed by atoms with Crippen LogP contribution in [0.5, 0.6) is 0 Å². The molecule has 0 amide bonds. The van der Waals surface area contributed by atoms with Crippen LogP contribution in [0.1, 0.15) is 27.7 Å². The predicted octanol–water partition coefficient (Wildman–Crippen LogP) is 1.64. The lowest BCUT2D eigenvalue weighted by Gasteiger charge is -2.33. The summed E-state index contributed by atoms with van der Waals surface area (Å²) in [5.41, 5.74) is 0.157. The van der Waals surface area contributed by atoms with E-state index in [4.69, 9.17) is 4.74 Å². The molecule has 2 atom stereocenters. The molecule has 1 N–H and O–H groups in total. The van der Waals surface area contributed by atoms with E-state index in [1.54, 1.807) is 7.11 Å². The van der Waals surface area contributed by atoms with Crippen molar-refractivity contribution >= 4 is 5.90 Å². The Kier molecular flexibility index (Phi) is 2.96. The van der Waals surface area contributed by atoms with Crippen LogP contribution in [0.2, 0.25) is 0 Å².